The summed E-state index contributed by atoms with van der Waals surface area (Å²) in [6.07, 6.45) is 0.598. The van der Waals surface area contributed by atoms with Gasteiger partial charge in [-0.25, -0.2) is 4.79 Å². The molecular formula is C20H28N4O4. The smallest absolute Gasteiger partial charge is 0.321 e. The van der Waals surface area contributed by atoms with Crippen LogP contribution in [0.4, 0.5) is 16.2 Å². The number of hydrogen-bond acceptors (Lipinski definition) is 4. The fourth-order valence-corrected chi connectivity index (χ4v) is 3.96. The quantitative estimate of drug-likeness (QED) is 0.825. The Labute approximate surface area is 165 Å². The predicted molar refractivity (Wildman–Crippen MR) is 106 cm³/mol. The highest BCUT2D eigenvalue weighted by Gasteiger charge is 2.32. The van der Waals surface area contributed by atoms with Crippen LogP contribution in [0.2, 0.25) is 0 Å². The summed E-state index contributed by atoms with van der Waals surface area (Å²) in [5.41, 5.74) is 1.68. The average molecular weight is 388 g/mol. The first-order valence-electron chi connectivity index (χ1n) is 9.72. The molecule has 152 valence electrons. The molecule has 0 bridgehead atoms. The van der Waals surface area contributed by atoms with Gasteiger partial charge in [0.2, 0.25) is 5.91 Å². The maximum Gasteiger partial charge on any atom is 0.321 e. The molecule has 1 aromatic rings. The van der Waals surface area contributed by atoms with Crippen molar-refractivity contribution in [2.45, 2.75) is 20.3 Å². The van der Waals surface area contributed by atoms with Crippen molar-refractivity contribution in [1.29, 1.82) is 0 Å². The van der Waals surface area contributed by atoms with E-state index in [4.69, 9.17) is 0 Å². The highest BCUT2D eigenvalue weighted by atomic mass is 16.4. The number of likely N-dealkylation sites (tertiary alicyclic amines) is 1. The molecule has 2 heterocycles. The zero-order valence-electron chi connectivity index (χ0n) is 16.4. The molecule has 28 heavy (non-hydrogen) atoms. The lowest BCUT2D eigenvalue weighted by molar-refractivity contribution is -0.143. The number of nitrogens with one attached hydrogen (secondary N) is 1. The molecule has 8 nitrogen and oxygen atoms in total. The van der Waals surface area contributed by atoms with Gasteiger partial charge < -0.3 is 25.1 Å². The van der Waals surface area contributed by atoms with Gasteiger partial charge in [-0.3, -0.25) is 9.59 Å². The third kappa shape index (κ3) is 4.74. The van der Waals surface area contributed by atoms with Gasteiger partial charge >= 0.3 is 12.0 Å². The topological polar surface area (TPSA) is 93.2 Å². The standard InChI is InChI=1S/C20H28N4O4/c1-14-10-16(19(26)27)13-24(12-14)20(28)21-17-4-3-5-18(11-17)23-8-6-22(7-9-23)15(2)25/h3-5,11,14,16H,6-10,12-13H2,1-2H3,(H,21,28)(H,26,27). The second-order valence-electron chi connectivity index (χ2n) is 7.75. The average Bonchev–Trinajstić information content (AvgIpc) is 2.67. The second kappa shape index (κ2) is 8.50. The molecule has 1 aromatic carbocycles. The number of piperidine rings is 1. The summed E-state index contributed by atoms with van der Waals surface area (Å²) in [6, 6.07) is 7.36. The first-order chi connectivity index (χ1) is 13.3. The van der Waals surface area contributed by atoms with E-state index in [-0.39, 0.29) is 24.4 Å². The number of hydrogen-bond donors (Lipinski definition) is 2. The van der Waals surface area contributed by atoms with Crippen LogP contribution in [-0.4, -0.2) is 72.1 Å². The van der Waals surface area contributed by atoms with Crippen LogP contribution >= 0.6 is 0 Å². The largest absolute Gasteiger partial charge is 0.481 e. The van der Waals surface area contributed by atoms with Crippen molar-refractivity contribution in [3.8, 4) is 0 Å². The zero-order chi connectivity index (χ0) is 20.3. The van der Waals surface area contributed by atoms with Crippen LogP contribution in [0.3, 0.4) is 0 Å². The third-order valence-electron chi connectivity index (χ3n) is 5.48. The minimum atomic E-state index is -0.851. The minimum absolute atomic E-state index is 0.0936. The number of nitrogens with zero attached hydrogens (tertiary/aromatic N) is 3. The summed E-state index contributed by atoms with van der Waals surface area (Å²) >= 11 is 0. The number of carboxylic acid groups (broad SMARTS) is 1. The molecule has 2 N–H and O–H groups in total. The van der Waals surface area contributed by atoms with Gasteiger partial charge in [-0.05, 0) is 30.5 Å². The van der Waals surface area contributed by atoms with Crippen LogP contribution in [0.15, 0.2) is 24.3 Å². The molecule has 2 fully saturated rings. The molecule has 2 unspecified atom stereocenters. The van der Waals surface area contributed by atoms with E-state index in [9.17, 15) is 19.5 Å². The second-order valence-corrected chi connectivity index (χ2v) is 7.75. The molecule has 0 saturated carbocycles. The molecule has 8 heteroatoms. The van der Waals surface area contributed by atoms with E-state index in [0.717, 1.165) is 18.8 Å². The van der Waals surface area contributed by atoms with Gasteiger partial charge in [0.25, 0.3) is 0 Å². The van der Waals surface area contributed by atoms with Crippen LogP contribution in [0.25, 0.3) is 0 Å². The Morgan fingerprint density at radius 1 is 1.07 bits per heavy atom. The molecular weight excluding hydrogens is 360 g/mol. The van der Waals surface area contributed by atoms with Crippen LogP contribution in [-0.2, 0) is 9.59 Å². The lowest BCUT2D eigenvalue weighted by Gasteiger charge is -2.36. The zero-order valence-corrected chi connectivity index (χ0v) is 16.4. The summed E-state index contributed by atoms with van der Waals surface area (Å²) in [4.78, 5) is 41.1. The summed E-state index contributed by atoms with van der Waals surface area (Å²) in [7, 11) is 0. The first-order valence-corrected chi connectivity index (χ1v) is 9.72. The molecule has 2 saturated heterocycles. The normalized spacial score (nSPS) is 22.7. The lowest BCUT2D eigenvalue weighted by Crippen LogP contribution is -2.48. The summed E-state index contributed by atoms with van der Waals surface area (Å²) in [5.74, 6) is -1.12. The Morgan fingerprint density at radius 2 is 1.79 bits per heavy atom. The highest BCUT2D eigenvalue weighted by molar-refractivity contribution is 5.90. The predicted octanol–water partition coefficient (Wildman–Crippen LogP) is 1.93. The summed E-state index contributed by atoms with van der Waals surface area (Å²) < 4.78 is 0. The van der Waals surface area contributed by atoms with Crippen molar-refractivity contribution in [3.05, 3.63) is 24.3 Å². The van der Waals surface area contributed by atoms with Gasteiger partial charge in [-0.2, -0.15) is 0 Å². The molecule has 0 radical (unpaired) electrons. The number of carboxylic acids is 1. The Bertz CT molecular complexity index is 745. The third-order valence-corrected chi connectivity index (χ3v) is 5.48. The summed E-state index contributed by atoms with van der Waals surface area (Å²) in [5, 5.41) is 12.2. The molecule has 3 rings (SSSR count). The number of urea groups is 1. The number of rotatable bonds is 3. The number of carbonyl (C=O) groups excluding carboxylic acids is 2. The number of aliphatic carboxylic acids is 1. The first kappa shape index (κ1) is 20.0. The van der Waals surface area contributed by atoms with E-state index in [1.165, 1.54) is 0 Å². The molecule has 0 aliphatic carbocycles. The van der Waals surface area contributed by atoms with E-state index in [0.29, 0.717) is 31.7 Å². The van der Waals surface area contributed by atoms with Crippen LogP contribution in [0.1, 0.15) is 20.3 Å². The van der Waals surface area contributed by atoms with E-state index < -0.39 is 11.9 Å². The van der Waals surface area contributed by atoms with Crippen LogP contribution in [0, 0.1) is 11.8 Å². The van der Waals surface area contributed by atoms with Crippen molar-refractivity contribution < 1.29 is 19.5 Å². The monoisotopic (exact) mass is 388 g/mol. The van der Waals surface area contributed by atoms with Crippen molar-refractivity contribution in [1.82, 2.24) is 9.80 Å². The Morgan fingerprint density at radius 3 is 2.43 bits per heavy atom. The van der Waals surface area contributed by atoms with E-state index in [2.05, 4.69) is 10.2 Å². The Kier molecular flexibility index (Phi) is 6.06. The number of carbonyl (C=O) groups is 3. The molecule has 2 atom stereocenters. The van der Waals surface area contributed by atoms with Crippen molar-refractivity contribution in [2.75, 3.05) is 49.5 Å². The molecule has 0 spiro atoms. The van der Waals surface area contributed by atoms with Gasteiger partial charge in [0.05, 0.1) is 5.92 Å². The van der Waals surface area contributed by atoms with Gasteiger partial charge in [0.1, 0.15) is 0 Å². The van der Waals surface area contributed by atoms with Crippen LogP contribution in [0.5, 0.6) is 0 Å². The van der Waals surface area contributed by atoms with E-state index in [1.54, 1.807) is 11.8 Å². The fourth-order valence-electron chi connectivity index (χ4n) is 3.96. The molecule has 2 aliphatic rings. The Hall–Kier alpha value is -2.77. The molecule has 0 aromatic heterocycles. The fraction of sp³-hybridized carbons (Fsp3) is 0.550. The van der Waals surface area contributed by atoms with Crippen molar-refractivity contribution in [2.24, 2.45) is 11.8 Å². The van der Waals surface area contributed by atoms with Gasteiger partial charge in [-0.15, -0.1) is 0 Å². The number of amides is 3. The van der Waals surface area contributed by atoms with Gasteiger partial charge in [0, 0.05) is 57.6 Å². The maximum atomic E-state index is 12.7. The number of anilines is 2. The summed E-state index contributed by atoms with van der Waals surface area (Å²) in [6.45, 7) is 7.23. The number of piperazine rings is 1. The van der Waals surface area contributed by atoms with Gasteiger partial charge in [-0.1, -0.05) is 13.0 Å². The van der Waals surface area contributed by atoms with Gasteiger partial charge in [0.15, 0.2) is 0 Å². The van der Waals surface area contributed by atoms with E-state index >= 15 is 0 Å². The molecule has 3 amide bonds. The highest BCUT2D eigenvalue weighted by Crippen LogP contribution is 2.24. The SMILES string of the molecule is CC(=O)N1CCN(c2cccc(NC(=O)N3CC(C)CC(C(=O)O)C3)c2)CC1. The maximum absolute atomic E-state index is 12.7. The Balaban J connectivity index is 1.62. The minimum Gasteiger partial charge on any atom is -0.481 e. The lowest BCUT2D eigenvalue weighted by atomic mass is 9.91. The molecule has 2 aliphatic heterocycles. The number of benzene rings is 1. The van der Waals surface area contributed by atoms with Crippen molar-refractivity contribution in [3.63, 3.8) is 0 Å². The van der Waals surface area contributed by atoms with Crippen LogP contribution < -0.4 is 10.2 Å². The van der Waals surface area contributed by atoms with Crippen molar-refractivity contribution >= 4 is 29.3 Å². The van der Waals surface area contributed by atoms with E-state index in [1.807, 2.05) is 36.1 Å².